The number of carbonyl (C=O) groups excluding carboxylic acids is 1. The summed E-state index contributed by atoms with van der Waals surface area (Å²) in [6, 6.07) is 19.0. The molecule has 0 radical (unpaired) electrons. The molecule has 0 saturated carbocycles. The van der Waals surface area contributed by atoms with Gasteiger partial charge in [0.1, 0.15) is 23.7 Å². The molecule has 9 nitrogen and oxygen atoms in total. The van der Waals surface area contributed by atoms with Gasteiger partial charge in [0.2, 0.25) is 0 Å². The van der Waals surface area contributed by atoms with Crippen molar-refractivity contribution in [3.8, 4) is 0 Å². The second-order valence-corrected chi connectivity index (χ2v) is 12.2. The average Bonchev–Trinajstić information content (AvgIpc) is 3.45. The zero-order valence-electron chi connectivity index (χ0n) is 23.0. The number of nitrogens with zero attached hydrogens (tertiary/aromatic N) is 6. The van der Waals surface area contributed by atoms with Crippen molar-refractivity contribution in [2.45, 2.75) is 50.4 Å². The van der Waals surface area contributed by atoms with Gasteiger partial charge in [-0.15, -0.1) is 0 Å². The number of likely N-dealkylation sites (tertiary alicyclic amines) is 1. The molecule has 4 aromatic rings. The Bertz CT molecular complexity index is 1540. The van der Waals surface area contributed by atoms with Crippen molar-refractivity contribution in [1.82, 2.24) is 24.1 Å². The summed E-state index contributed by atoms with van der Waals surface area (Å²) >= 11 is 1.55. The maximum atomic E-state index is 13.4. The SMILES string of the molecule is O=C(c1cc(NC2CCN(c3nsc4ccccc34)CC2)ncn1)N1CC[C@@H](N2CCc3ccccc3C2)[C@H](O)C1. The lowest BCUT2D eigenvalue weighted by molar-refractivity contribution is -0.0139. The Morgan fingerprint density at radius 1 is 0.951 bits per heavy atom. The zero-order chi connectivity index (χ0) is 27.8. The van der Waals surface area contributed by atoms with Crippen LogP contribution in [-0.4, -0.2) is 86.1 Å². The number of aliphatic hydroxyl groups excluding tert-OH is 1. The molecule has 41 heavy (non-hydrogen) atoms. The van der Waals surface area contributed by atoms with Crippen LogP contribution < -0.4 is 10.2 Å². The molecule has 0 aliphatic carbocycles. The van der Waals surface area contributed by atoms with Crippen LogP contribution >= 0.6 is 11.5 Å². The number of amides is 1. The van der Waals surface area contributed by atoms with Crippen LogP contribution in [-0.2, 0) is 13.0 Å². The predicted molar refractivity (Wildman–Crippen MR) is 161 cm³/mol. The third kappa shape index (κ3) is 5.39. The van der Waals surface area contributed by atoms with E-state index in [-0.39, 0.29) is 18.0 Å². The van der Waals surface area contributed by atoms with Crippen LogP contribution in [0.25, 0.3) is 10.1 Å². The molecule has 2 aromatic heterocycles. The minimum atomic E-state index is -0.586. The van der Waals surface area contributed by atoms with Crippen LogP contribution in [0, 0.1) is 0 Å². The van der Waals surface area contributed by atoms with E-state index < -0.39 is 6.10 Å². The van der Waals surface area contributed by atoms with E-state index in [9.17, 15) is 9.90 Å². The van der Waals surface area contributed by atoms with E-state index in [2.05, 4.69) is 73.6 Å². The molecule has 10 heteroatoms. The number of anilines is 2. The van der Waals surface area contributed by atoms with Crippen LogP contribution in [0.4, 0.5) is 11.6 Å². The molecule has 3 aliphatic rings. The molecular formula is C31H35N7O2S. The van der Waals surface area contributed by atoms with Crippen LogP contribution in [0.3, 0.4) is 0 Å². The summed E-state index contributed by atoms with van der Waals surface area (Å²) < 4.78 is 5.93. The van der Waals surface area contributed by atoms with Crippen molar-refractivity contribution in [1.29, 1.82) is 0 Å². The third-order valence-electron chi connectivity index (χ3n) is 8.85. The molecule has 2 atom stereocenters. The smallest absolute Gasteiger partial charge is 0.272 e. The average molecular weight is 570 g/mol. The maximum Gasteiger partial charge on any atom is 0.272 e. The van der Waals surface area contributed by atoms with Gasteiger partial charge < -0.3 is 20.2 Å². The van der Waals surface area contributed by atoms with Gasteiger partial charge in [-0.25, -0.2) is 9.97 Å². The Labute approximate surface area is 244 Å². The number of benzene rings is 2. The van der Waals surface area contributed by atoms with Crippen LogP contribution in [0.2, 0.25) is 0 Å². The number of fused-ring (bicyclic) bond motifs is 2. The third-order valence-corrected chi connectivity index (χ3v) is 9.67. The molecular weight excluding hydrogens is 534 g/mol. The van der Waals surface area contributed by atoms with Gasteiger partial charge in [-0.1, -0.05) is 36.4 Å². The molecule has 2 N–H and O–H groups in total. The number of piperidine rings is 2. The molecule has 2 aromatic carbocycles. The first-order valence-electron chi connectivity index (χ1n) is 14.6. The fraction of sp³-hybridized carbons (Fsp3) is 0.419. The molecule has 3 aliphatic heterocycles. The first kappa shape index (κ1) is 26.3. The van der Waals surface area contributed by atoms with Crippen molar-refractivity contribution in [3.63, 3.8) is 0 Å². The highest BCUT2D eigenvalue weighted by Gasteiger charge is 2.36. The number of nitrogens with one attached hydrogen (secondary N) is 1. The number of rotatable bonds is 5. The van der Waals surface area contributed by atoms with Crippen molar-refractivity contribution >= 4 is 39.2 Å². The minimum Gasteiger partial charge on any atom is -0.390 e. The van der Waals surface area contributed by atoms with Crippen molar-refractivity contribution in [3.05, 3.63) is 77.7 Å². The number of β-amino-alcohol motifs (C(OH)–C–C–N with tert-alkyl or cyclic N) is 1. The highest BCUT2D eigenvalue weighted by Crippen LogP contribution is 2.31. The monoisotopic (exact) mass is 569 g/mol. The number of hydrogen-bond acceptors (Lipinski definition) is 9. The second-order valence-electron chi connectivity index (χ2n) is 11.4. The van der Waals surface area contributed by atoms with Gasteiger partial charge in [0, 0.05) is 62.8 Å². The molecule has 0 bridgehead atoms. The number of carbonyl (C=O) groups is 1. The summed E-state index contributed by atoms with van der Waals surface area (Å²) in [5.41, 5.74) is 3.11. The van der Waals surface area contributed by atoms with Gasteiger partial charge >= 0.3 is 0 Å². The lowest BCUT2D eigenvalue weighted by atomic mass is 9.94. The molecule has 5 heterocycles. The largest absolute Gasteiger partial charge is 0.390 e. The van der Waals surface area contributed by atoms with Crippen LogP contribution in [0.1, 0.15) is 40.9 Å². The van der Waals surface area contributed by atoms with Gasteiger partial charge in [0.05, 0.1) is 10.8 Å². The molecule has 1 amide bonds. The summed E-state index contributed by atoms with van der Waals surface area (Å²) in [5.74, 6) is 1.60. The molecule has 2 fully saturated rings. The summed E-state index contributed by atoms with van der Waals surface area (Å²) in [6.45, 7) is 4.54. The fourth-order valence-electron chi connectivity index (χ4n) is 6.59. The molecule has 0 spiro atoms. The molecule has 7 rings (SSSR count). The highest BCUT2D eigenvalue weighted by molar-refractivity contribution is 7.13. The minimum absolute atomic E-state index is 0.0585. The first-order valence-corrected chi connectivity index (χ1v) is 15.4. The summed E-state index contributed by atoms with van der Waals surface area (Å²) in [5, 5.41) is 15.8. The summed E-state index contributed by atoms with van der Waals surface area (Å²) in [4.78, 5) is 28.6. The fourth-order valence-corrected chi connectivity index (χ4v) is 7.39. The van der Waals surface area contributed by atoms with Gasteiger partial charge in [0.25, 0.3) is 5.91 Å². The number of aliphatic hydroxyl groups is 1. The normalized spacial score (nSPS) is 22.1. The van der Waals surface area contributed by atoms with Crippen molar-refractivity contribution in [2.75, 3.05) is 42.9 Å². The summed E-state index contributed by atoms with van der Waals surface area (Å²) in [6.07, 6.45) is 4.54. The van der Waals surface area contributed by atoms with E-state index in [4.69, 9.17) is 4.37 Å². The maximum absolute atomic E-state index is 13.4. The van der Waals surface area contributed by atoms with Gasteiger partial charge in [-0.3, -0.25) is 9.69 Å². The van der Waals surface area contributed by atoms with E-state index in [1.54, 1.807) is 22.5 Å². The quantitative estimate of drug-likeness (QED) is 0.375. The lowest BCUT2D eigenvalue weighted by Gasteiger charge is -2.43. The lowest BCUT2D eigenvalue weighted by Crippen LogP contribution is -2.56. The van der Waals surface area contributed by atoms with Gasteiger partial charge in [0.15, 0.2) is 0 Å². The molecule has 2 saturated heterocycles. The molecule has 212 valence electrons. The van der Waals surface area contributed by atoms with Gasteiger partial charge in [-0.05, 0) is 60.5 Å². The Hall–Kier alpha value is -3.60. The number of aromatic nitrogens is 3. The van der Waals surface area contributed by atoms with E-state index in [1.807, 2.05) is 0 Å². The predicted octanol–water partition coefficient (Wildman–Crippen LogP) is 3.80. The highest BCUT2D eigenvalue weighted by atomic mass is 32.1. The Kier molecular flexibility index (Phi) is 7.28. The first-order chi connectivity index (χ1) is 20.1. The topological polar surface area (TPSA) is 97.7 Å². The van der Waals surface area contributed by atoms with Crippen molar-refractivity contribution < 1.29 is 9.90 Å². The van der Waals surface area contributed by atoms with Crippen molar-refractivity contribution in [2.24, 2.45) is 0 Å². The van der Waals surface area contributed by atoms with E-state index in [0.717, 1.165) is 57.7 Å². The van der Waals surface area contributed by atoms with Gasteiger partial charge in [-0.2, -0.15) is 4.37 Å². The van der Waals surface area contributed by atoms with Crippen LogP contribution in [0.15, 0.2) is 60.9 Å². The zero-order valence-corrected chi connectivity index (χ0v) is 23.8. The Morgan fingerprint density at radius 2 is 1.76 bits per heavy atom. The standard InChI is InChI=1S/C31H35N7O2S/c39-27-19-38(16-12-26(27)37-13-9-21-5-1-2-6-22(21)18-37)31(40)25-17-29(33-20-32-25)34-23-10-14-36(15-11-23)30-24-7-3-4-8-28(24)41-35-30/h1-8,17,20,23,26-27,39H,9-16,18-19H2,(H,32,33,34)/t26-,27-/m1/s1. The number of hydrogen-bond donors (Lipinski definition) is 2. The van der Waals surface area contributed by atoms with E-state index in [1.165, 1.54) is 27.5 Å². The second kappa shape index (κ2) is 11.3. The van der Waals surface area contributed by atoms with Crippen LogP contribution in [0.5, 0.6) is 0 Å². The van der Waals surface area contributed by atoms with E-state index in [0.29, 0.717) is 24.6 Å². The Morgan fingerprint density at radius 3 is 2.61 bits per heavy atom. The molecule has 0 unspecified atom stereocenters. The van der Waals surface area contributed by atoms with E-state index >= 15 is 0 Å². The summed E-state index contributed by atoms with van der Waals surface area (Å²) in [7, 11) is 0. The Balaban J connectivity index is 0.941.